The van der Waals surface area contributed by atoms with Crippen LogP contribution in [0.1, 0.15) is 5.82 Å². The highest BCUT2D eigenvalue weighted by Crippen LogP contribution is 2.05. The van der Waals surface area contributed by atoms with E-state index >= 15 is 0 Å². The van der Waals surface area contributed by atoms with Gasteiger partial charge in [-0.2, -0.15) is 4.31 Å². The second-order valence-corrected chi connectivity index (χ2v) is 5.50. The molecular weight excluding hydrogens is 228 g/mol. The molecule has 0 unspecified atom stereocenters. The molecule has 0 aliphatic rings. The van der Waals surface area contributed by atoms with Gasteiger partial charge in [0.2, 0.25) is 10.0 Å². The van der Waals surface area contributed by atoms with Crippen molar-refractivity contribution in [1.82, 2.24) is 19.1 Å². The minimum absolute atomic E-state index is 0.172. The molecule has 0 fully saturated rings. The van der Waals surface area contributed by atoms with E-state index in [2.05, 4.69) is 10.2 Å². The fraction of sp³-hybridized carbons (Fsp3) is 0.667. The molecule has 0 spiro atoms. The van der Waals surface area contributed by atoms with Gasteiger partial charge in [0.05, 0.1) is 6.54 Å². The highest BCUT2D eigenvalue weighted by molar-refractivity contribution is 7.90. The molecule has 1 heterocycles. The van der Waals surface area contributed by atoms with Crippen LogP contribution in [0.4, 0.5) is 0 Å². The lowest BCUT2D eigenvalue weighted by Gasteiger charge is -2.13. The van der Waals surface area contributed by atoms with Gasteiger partial charge in [0.25, 0.3) is 0 Å². The van der Waals surface area contributed by atoms with Gasteiger partial charge in [-0.25, -0.2) is 8.42 Å². The summed E-state index contributed by atoms with van der Waals surface area (Å²) >= 11 is 5.30. The van der Waals surface area contributed by atoms with Crippen LogP contribution in [0.25, 0.3) is 0 Å². The molecule has 0 N–H and O–H groups in total. The smallest absolute Gasteiger partial charge is 0.228 e. The van der Waals surface area contributed by atoms with Crippen LogP contribution in [-0.2, 0) is 23.6 Å². The van der Waals surface area contributed by atoms with Crippen molar-refractivity contribution in [2.24, 2.45) is 7.05 Å². The summed E-state index contributed by atoms with van der Waals surface area (Å²) in [6.07, 6.45) is 1.51. The summed E-state index contributed by atoms with van der Waals surface area (Å²) in [6.45, 7) is 0.172. The van der Waals surface area contributed by atoms with E-state index in [1.807, 2.05) is 0 Å². The van der Waals surface area contributed by atoms with E-state index in [1.54, 1.807) is 11.6 Å². The summed E-state index contributed by atoms with van der Waals surface area (Å²) in [6, 6.07) is 0. The van der Waals surface area contributed by atoms with Gasteiger partial charge in [0.1, 0.15) is 17.4 Å². The first-order chi connectivity index (χ1) is 6.47. The van der Waals surface area contributed by atoms with Crippen LogP contribution < -0.4 is 0 Å². The number of sulfonamides is 1. The number of hydrogen-bond donors (Lipinski definition) is 0. The molecule has 0 aromatic carbocycles. The summed E-state index contributed by atoms with van der Waals surface area (Å²) in [7, 11) is -0.176. The third-order valence-electron chi connectivity index (χ3n) is 1.78. The highest BCUT2D eigenvalue weighted by atomic mass is 35.5. The largest absolute Gasteiger partial charge is 0.320 e. The van der Waals surface area contributed by atoms with Crippen molar-refractivity contribution in [3.05, 3.63) is 12.2 Å². The van der Waals surface area contributed by atoms with Crippen molar-refractivity contribution in [3.63, 3.8) is 0 Å². The molecule has 0 aliphatic heterocycles. The SMILES string of the molecule is CN(Cc1nncn1C)S(=O)(=O)CCl. The number of hydrogen-bond acceptors (Lipinski definition) is 4. The van der Waals surface area contributed by atoms with E-state index in [1.165, 1.54) is 13.4 Å². The van der Waals surface area contributed by atoms with Gasteiger partial charge in [-0.1, -0.05) is 0 Å². The number of halogens is 1. The van der Waals surface area contributed by atoms with Crippen molar-refractivity contribution in [3.8, 4) is 0 Å². The second-order valence-electron chi connectivity index (χ2n) is 2.84. The van der Waals surface area contributed by atoms with Crippen LogP contribution in [0.5, 0.6) is 0 Å². The molecule has 0 saturated heterocycles. The fourth-order valence-electron chi connectivity index (χ4n) is 0.831. The molecule has 0 amide bonds. The Bertz CT molecular complexity index is 402. The standard InChI is InChI=1S/C6H11ClN4O2S/c1-10-5-8-9-6(10)3-11(2)14(12,13)4-7/h5H,3-4H2,1-2H3. The normalized spacial score (nSPS) is 12.3. The van der Waals surface area contributed by atoms with Crippen molar-refractivity contribution < 1.29 is 8.42 Å². The first kappa shape index (κ1) is 11.4. The predicted molar refractivity (Wildman–Crippen MR) is 52.1 cm³/mol. The molecule has 1 aromatic rings. The number of aromatic nitrogens is 3. The summed E-state index contributed by atoms with van der Waals surface area (Å²) in [5, 5.41) is 6.98. The molecule has 1 rings (SSSR count). The van der Waals surface area contributed by atoms with Gasteiger partial charge >= 0.3 is 0 Å². The van der Waals surface area contributed by atoms with Gasteiger partial charge in [0.15, 0.2) is 0 Å². The molecule has 0 atom stereocenters. The van der Waals surface area contributed by atoms with Gasteiger partial charge < -0.3 is 4.57 Å². The Balaban J connectivity index is 2.76. The Hall–Kier alpha value is -0.660. The van der Waals surface area contributed by atoms with Gasteiger partial charge in [0, 0.05) is 14.1 Å². The van der Waals surface area contributed by atoms with Crippen molar-refractivity contribution in [2.75, 3.05) is 12.3 Å². The third-order valence-corrected chi connectivity index (χ3v) is 3.96. The predicted octanol–water partition coefficient (Wildman–Crippen LogP) is -0.227. The van der Waals surface area contributed by atoms with Crippen LogP contribution in [0.15, 0.2) is 6.33 Å². The van der Waals surface area contributed by atoms with Crippen LogP contribution in [0.2, 0.25) is 0 Å². The Labute approximate surface area is 87.5 Å². The number of rotatable bonds is 4. The summed E-state index contributed by atoms with van der Waals surface area (Å²) in [5.41, 5.74) is 0. The highest BCUT2D eigenvalue weighted by Gasteiger charge is 2.18. The van der Waals surface area contributed by atoms with Gasteiger partial charge in [-0.3, -0.25) is 0 Å². The monoisotopic (exact) mass is 238 g/mol. The molecule has 6 nitrogen and oxygen atoms in total. The maximum absolute atomic E-state index is 11.3. The van der Waals surface area contributed by atoms with Crippen molar-refractivity contribution in [1.29, 1.82) is 0 Å². The number of aryl methyl sites for hydroxylation is 1. The minimum Gasteiger partial charge on any atom is -0.320 e. The average molecular weight is 239 g/mol. The Morgan fingerprint density at radius 1 is 1.64 bits per heavy atom. The van der Waals surface area contributed by atoms with Crippen LogP contribution in [-0.4, -0.2) is 39.7 Å². The fourth-order valence-corrected chi connectivity index (χ4v) is 1.81. The zero-order chi connectivity index (χ0) is 10.8. The molecule has 0 bridgehead atoms. The third kappa shape index (κ3) is 2.43. The lowest BCUT2D eigenvalue weighted by atomic mass is 10.6. The van der Waals surface area contributed by atoms with E-state index in [9.17, 15) is 8.42 Å². The topological polar surface area (TPSA) is 68.1 Å². The first-order valence-corrected chi connectivity index (χ1v) is 5.94. The lowest BCUT2D eigenvalue weighted by molar-refractivity contribution is 0.454. The Kier molecular flexibility index (Phi) is 3.46. The van der Waals surface area contributed by atoms with Crippen LogP contribution >= 0.6 is 11.6 Å². The molecule has 0 aliphatic carbocycles. The first-order valence-electron chi connectivity index (χ1n) is 3.80. The van der Waals surface area contributed by atoms with Gasteiger partial charge in [-0.15, -0.1) is 21.8 Å². The van der Waals surface area contributed by atoms with E-state index in [-0.39, 0.29) is 6.54 Å². The Morgan fingerprint density at radius 3 is 2.71 bits per heavy atom. The molecule has 1 aromatic heterocycles. The summed E-state index contributed by atoms with van der Waals surface area (Å²) < 4.78 is 25.3. The number of alkyl halides is 1. The van der Waals surface area contributed by atoms with Crippen LogP contribution in [0, 0.1) is 0 Å². The van der Waals surface area contributed by atoms with E-state index < -0.39 is 15.2 Å². The van der Waals surface area contributed by atoms with E-state index in [0.717, 1.165) is 4.31 Å². The lowest BCUT2D eigenvalue weighted by Crippen LogP contribution is -2.28. The molecule has 80 valence electrons. The molecule has 0 radical (unpaired) electrons. The molecular formula is C6H11ClN4O2S. The summed E-state index contributed by atoms with van der Waals surface area (Å²) in [5.74, 6) is 0.571. The zero-order valence-corrected chi connectivity index (χ0v) is 9.46. The maximum Gasteiger partial charge on any atom is 0.228 e. The molecule has 0 saturated carbocycles. The van der Waals surface area contributed by atoms with Crippen molar-refractivity contribution >= 4 is 21.6 Å². The quantitative estimate of drug-likeness (QED) is 0.680. The van der Waals surface area contributed by atoms with Crippen LogP contribution in [0.3, 0.4) is 0 Å². The van der Waals surface area contributed by atoms with Gasteiger partial charge in [-0.05, 0) is 0 Å². The number of nitrogens with zero attached hydrogens (tertiary/aromatic N) is 4. The second kappa shape index (κ2) is 4.24. The zero-order valence-electron chi connectivity index (χ0n) is 7.88. The molecule has 8 heteroatoms. The summed E-state index contributed by atoms with van der Waals surface area (Å²) in [4.78, 5) is 0. The van der Waals surface area contributed by atoms with Crippen molar-refractivity contribution in [2.45, 2.75) is 6.54 Å². The minimum atomic E-state index is -3.37. The Morgan fingerprint density at radius 2 is 2.29 bits per heavy atom. The average Bonchev–Trinajstić information content (AvgIpc) is 2.52. The molecule has 14 heavy (non-hydrogen) atoms. The van der Waals surface area contributed by atoms with E-state index in [4.69, 9.17) is 11.6 Å². The maximum atomic E-state index is 11.3. The van der Waals surface area contributed by atoms with E-state index in [0.29, 0.717) is 5.82 Å².